The molecular weight excluding hydrogens is 371 g/mol. The summed E-state index contributed by atoms with van der Waals surface area (Å²) in [5, 5.41) is 2.79. The first-order valence-corrected chi connectivity index (χ1v) is 9.45. The van der Waals surface area contributed by atoms with Crippen molar-refractivity contribution < 1.29 is 9.18 Å². The number of amides is 1. The van der Waals surface area contributed by atoms with Crippen molar-refractivity contribution in [2.75, 3.05) is 36.0 Å². The summed E-state index contributed by atoms with van der Waals surface area (Å²) in [5.41, 5.74) is 1.21. The van der Waals surface area contributed by atoms with Crippen LogP contribution in [0.5, 0.6) is 0 Å². The second-order valence-electron chi connectivity index (χ2n) is 6.74. The van der Waals surface area contributed by atoms with E-state index < -0.39 is 0 Å². The van der Waals surface area contributed by atoms with Crippen LogP contribution < -0.4 is 15.1 Å². The van der Waals surface area contributed by atoms with Crippen LogP contribution in [0.2, 0.25) is 0 Å². The molecule has 3 heterocycles. The molecule has 7 nitrogen and oxygen atoms in total. The highest BCUT2D eigenvalue weighted by molar-refractivity contribution is 5.93. The number of carbonyl (C=O) groups excluding carboxylic acids is 1. The Bertz CT molecular complexity index is 941. The molecule has 0 saturated carbocycles. The van der Waals surface area contributed by atoms with Gasteiger partial charge >= 0.3 is 0 Å². The number of nitrogens with one attached hydrogen (secondary N) is 1. The van der Waals surface area contributed by atoms with Crippen molar-refractivity contribution in [2.24, 2.45) is 0 Å². The van der Waals surface area contributed by atoms with Crippen LogP contribution in [0.1, 0.15) is 15.9 Å². The molecule has 1 amide bonds. The number of rotatable bonds is 5. The minimum atomic E-state index is -0.301. The number of anilines is 2. The van der Waals surface area contributed by atoms with Crippen molar-refractivity contribution in [3.8, 4) is 0 Å². The highest BCUT2D eigenvalue weighted by atomic mass is 19.1. The standard InChI is InChI=1S/C21H21FN6O/c22-18-6-4-16(5-7-18)13-24-20(29)17-14-25-21(26-15-17)28-11-9-27(10-12-28)19-3-1-2-8-23-19/h1-8,14-15H,9-13H2,(H,24,29). The Hall–Kier alpha value is -3.55. The van der Waals surface area contributed by atoms with Gasteiger partial charge in [-0.25, -0.2) is 19.3 Å². The Labute approximate surface area is 168 Å². The second kappa shape index (κ2) is 8.64. The van der Waals surface area contributed by atoms with Gasteiger partial charge in [0.15, 0.2) is 0 Å². The van der Waals surface area contributed by atoms with E-state index in [4.69, 9.17) is 0 Å². The third-order valence-corrected chi connectivity index (χ3v) is 4.80. The summed E-state index contributed by atoms with van der Waals surface area (Å²) in [6.07, 6.45) is 4.87. The van der Waals surface area contributed by atoms with Gasteiger partial charge in [0.05, 0.1) is 5.56 Å². The maximum absolute atomic E-state index is 12.9. The largest absolute Gasteiger partial charge is 0.353 e. The quantitative estimate of drug-likeness (QED) is 0.718. The van der Waals surface area contributed by atoms with Crippen LogP contribution in [0.3, 0.4) is 0 Å². The highest BCUT2D eigenvalue weighted by Gasteiger charge is 2.20. The monoisotopic (exact) mass is 392 g/mol. The Morgan fingerprint density at radius 1 is 0.931 bits per heavy atom. The number of hydrogen-bond donors (Lipinski definition) is 1. The molecule has 0 atom stereocenters. The van der Waals surface area contributed by atoms with Gasteiger partial charge in [-0.3, -0.25) is 4.79 Å². The first-order chi connectivity index (χ1) is 14.2. The van der Waals surface area contributed by atoms with Crippen LogP contribution in [-0.4, -0.2) is 47.0 Å². The van der Waals surface area contributed by atoms with Gasteiger partial charge in [-0.2, -0.15) is 0 Å². The lowest BCUT2D eigenvalue weighted by Gasteiger charge is -2.35. The van der Waals surface area contributed by atoms with Crippen molar-refractivity contribution in [1.29, 1.82) is 0 Å². The molecule has 1 aromatic carbocycles. The molecule has 4 rings (SSSR count). The summed E-state index contributed by atoms with van der Waals surface area (Å²) in [6, 6.07) is 11.9. The van der Waals surface area contributed by atoms with E-state index in [2.05, 4.69) is 30.1 Å². The van der Waals surface area contributed by atoms with Gasteiger partial charge in [-0.15, -0.1) is 0 Å². The van der Waals surface area contributed by atoms with Gasteiger partial charge in [-0.1, -0.05) is 18.2 Å². The molecule has 1 saturated heterocycles. The molecular formula is C21H21FN6O. The summed E-state index contributed by atoms with van der Waals surface area (Å²) in [6.45, 7) is 3.55. The van der Waals surface area contributed by atoms with Gasteiger partial charge in [0.25, 0.3) is 5.91 Å². The van der Waals surface area contributed by atoms with Crippen molar-refractivity contribution in [3.05, 3.63) is 78.0 Å². The van der Waals surface area contributed by atoms with E-state index in [-0.39, 0.29) is 11.7 Å². The molecule has 0 unspecified atom stereocenters. The molecule has 0 radical (unpaired) electrons. The fourth-order valence-corrected chi connectivity index (χ4v) is 3.16. The van der Waals surface area contributed by atoms with Gasteiger partial charge in [-0.05, 0) is 29.8 Å². The fraction of sp³-hybridized carbons (Fsp3) is 0.238. The molecule has 8 heteroatoms. The minimum absolute atomic E-state index is 0.263. The Balaban J connectivity index is 1.31. The molecule has 0 aliphatic carbocycles. The maximum Gasteiger partial charge on any atom is 0.254 e. The number of carbonyl (C=O) groups is 1. The molecule has 0 spiro atoms. The van der Waals surface area contributed by atoms with E-state index in [9.17, 15) is 9.18 Å². The van der Waals surface area contributed by atoms with Crippen molar-refractivity contribution in [1.82, 2.24) is 20.3 Å². The molecule has 3 aromatic rings. The zero-order valence-corrected chi connectivity index (χ0v) is 15.8. The fourth-order valence-electron chi connectivity index (χ4n) is 3.16. The molecule has 29 heavy (non-hydrogen) atoms. The van der Waals surface area contributed by atoms with Crippen LogP contribution in [0.15, 0.2) is 61.1 Å². The Morgan fingerprint density at radius 3 is 2.28 bits per heavy atom. The topological polar surface area (TPSA) is 74.2 Å². The predicted molar refractivity (Wildman–Crippen MR) is 108 cm³/mol. The van der Waals surface area contributed by atoms with E-state index in [1.54, 1.807) is 18.3 Å². The summed E-state index contributed by atoms with van der Waals surface area (Å²) in [4.78, 5) is 29.7. The van der Waals surface area contributed by atoms with Crippen LogP contribution in [0, 0.1) is 5.82 Å². The third kappa shape index (κ3) is 4.66. The normalized spacial score (nSPS) is 14.0. The average molecular weight is 392 g/mol. The SMILES string of the molecule is O=C(NCc1ccc(F)cc1)c1cnc(N2CCN(c3ccccn3)CC2)nc1. The van der Waals surface area contributed by atoms with E-state index >= 15 is 0 Å². The maximum atomic E-state index is 12.9. The van der Waals surface area contributed by atoms with Crippen LogP contribution >= 0.6 is 0 Å². The number of hydrogen-bond acceptors (Lipinski definition) is 6. The first kappa shape index (κ1) is 18.8. The molecule has 1 N–H and O–H groups in total. The smallest absolute Gasteiger partial charge is 0.254 e. The predicted octanol–water partition coefficient (Wildman–Crippen LogP) is 2.27. The number of benzene rings is 1. The summed E-state index contributed by atoms with van der Waals surface area (Å²) in [5.74, 6) is 1.02. The van der Waals surface area contributed by atoms with Crippen molar-refractivity contribution in [2.45, 2.75) is 6.54 Å². The Kier molecular flexibility index (Phi) is 5.60. The van der Waals surface area contributed by atoms with E-state index in [0.717, 1.165) is 37.6 Å². The summed E-state index contributed by atoms with van der Waals surface area (Å²) >= 11 is 0. The van der Waals surface area contributed by atoms with E-state index in [0.29, 0.717) is 18.1 Å². The Morgan fingerprint density at radius 2 is 1.62 bits per heavy atom. The number of aromatic nitrogens is 3. The minimum Gasteiger partial charge on any atom is -0.353 e. The number of nitrogens with zero attached hydrogens (tertiary/aromatic N) is 5. The van der Waals surface area contributed by atoms with Crippen molar-refractivity contribution in [3.63, 3.8) is 0 Å². The molecule has 1 aliphatic heterocycles. The van der Waals surface area contributed by atoms with Crippen LogP contribution in [0.4, 0.5) is 16.2 Å². The van der Waals surface area contributed by atoms with Gasteiger partial charge in [0, 0.05) is 51.3 Å². The molecule has 2 aromatic heterocycles. The van der Waals surface area contributed by atoms with Crippen LogP contribution in [-0.2, 0) is 6.54 Å². The van der Waals surface area contributed by atoms with Gasteiger partial charge < -0.3 is 15.1 Å². The average Bonchev–Trinajstić information content (AvgIpc) is 2.79. The number of halogens is 1. The summed E-state index contributed by atoms with van der Waals surface area (Å²) < 4.78 is 12.9. The zero-order valence-electron chi connectivity index (χ0n) is 15.8. The third-order valence-electron chi connectivity index (χ3n) is 4.80. The first-order valence-electron chi connectivity index (χ1n) is 9.45. The number of pyridine rings is 1. The van der Waals surface area contributed by atoms with Gasteiger partial charge in [0.1, 0.15) is 11.6 Å². The molecule has 1 fully saturated rings. The highest BCUT2D eigenvalue weighted by Crippen LogP contribution is 2.15. The van der Waals surface area contributed by atoms with E-state index in [1.807, 2.05) is 18.2 Å². The molecule has 0 bridgehead atoms. The lowest BCUT2D eigenvalue weighted by molar-refractivity contribution is 0.0950. The molecule has 1 aliphatic rings. The zero-order chi connectivity index (χ0) is 20.1. The molecule has 148 valence electrons. The summed E-state index contributed by atoms with van der Waals surface area (Å²) in [7, 11) is 0. The lowest BCUT2D eigenvalue weighted by Crippen LogP contribution is -2.47. The van der Waals surface area contributed by atoms with E-state index in [1.165, 1.54) is 24.5 Å². The number of piperazine rings is 1. The van der Waals surface area contributed by atoms with Gasteiger partial charge in [0.2, 0.25) is 5.95 Å². The van der Waals surface area contributed by atoms with Crippen molar-refractivity contribution >= 4 is 17.7 Å². The lowest BCUT2D eigenvalue weighted by atomic mass is 10.2. The van der Waals surface area contributed by atoms with Crippen LogP contribution in [0.25, 0.3) is 0 Å². The second-order valence-corrected chi connectivity index (χ2v) is 6.74.